The van der Waals surface area contributed by atoms with Gasteiger partial charge in [-0.1, -0.05) is 38.5 Å². The van der Waals surface area contributed by atoms with E-state index in [2.05, 4.69) is 5.32 Å². The van der Waals surface area contributed by atoms with E-state index in [0.717, 1.165) is 12.6 Å². The third-order valence-electron chi connectivity index (χ3n) is 4.62. The molecule has 0 aromatic heterocycles. The molecule has 0 bridgehead atoms. The molecule has 0 spiro atoms. The SMILES string of the molecule is OCC1(CNC2CCCCCC2)CCCC1. The first-order chi connectivity index (χ1) is 7.85. The molecule has 2 rings (SSSR count). The third kappa shape index (κ3) is 3.21. The number of rotatable bonds is 4. The zero-order chi connectivity index (χ0) is 11.3. The van der Waals surface area contributed by atoms with E-state index in [9.17, 15) is 5.11 Å². The van der Waals surface area contributed by atoms with Crippen LogP contribution in [0.25, 0.3) is 0 Å². The van der Waals surface area contributed by atoms with Crippen molar-refractivity contribution in [2.24, 2.45) is 5.41 Å². The van der Waals surface area contributed by atoms with E-state index in [1.807, 2.05) is 0 Å². The molecule has 0 radical (unpaired) electrons. The summed E-state index contributed by atoms with van der Waals surface area (Å²) in [4.78, 5) is 0. The van der Waals surface area contributed by atoms with Gasteiger partial charge in [-0.2, -0.15) is 0 Å². The van der Waals surface area contributed by atoms with Crippen LogP contribution in [-0.4, -0.2) is 24.3 Å². The molecule has 2 saturated carbocycles. The Morgan fingerprint density at radius 2 is 1.56 bits per heavy atom. The van der Waals surface area contributed by atoms with E-state index in [4.69, 9.17) is 0 Å². The van der Waals surface area contributed by atoms with Crippen molar-refractivity contribution in [3.8, 4) is 0 Å². The molecule has 0 saturated heterocycles. The van der Waals surface area contributed by atoms with Crippen molar-refractivity contribution >= 4 is 0 Å². The third-order valence-corrected chi connectivity index (χ3v) is 4.62. The predicted octanol–water partition coefficient (Wildman–Crippen LogP) is 2.85. The summed E-state index contributed by atoms with van der Waals surface area (Å²) >= 11 is 0. The van der Waals surface area contributed by atoms with E-state index in [0.29, 0.717) is 6.61 Å². The first-order valence-corrected chi connectivity index (χ1v) is 7.19. The quantitative estimate of drug-likeness (QED) is 0.721. The second-order valence-corrected chi connectivity index (χ2v) is 5.93. The van der Waals surface area contributed by atoms with Gasteiger partial charge in [0.05, 0.1) is 0 Å². The van der Waals surface area contributed by atoms with Crippen LogP contribution in [0.1, 0.15) is 64.2 Å². The molecule has 0 amide bonds. The Morgan fingerprint density at radius 3 is 2.12 bits per heavy atom. The monoisotopic (exact) mass is 225 g/mol. The summed E-state index contributed by atoms with van der Waals surface area (Å²) in [6.07, 6.45) is 13.4. The van der Waals surface area contributed by atoms with Gasteiger partial charge >= 0.3 is 0 Å². The predicted molar refractivity (Wildman–Crippen MR) is 67.5 cm³/mol. The molecule has 2 fully saturated rings. The molecular formula is C14H27NO. The molecule has 0 aliphatic heterocycles. The Hall–Kier alpha value is -0.0800. The lowest BCUT2D eigenvalue weighted by Crippen LogP contribution is -2.40. The van der Waals surface area contributed by atoms with Crippen LogP contribution < -0.4 is 5.32 Å². The van der Waals surface area contributed by atoms with Crippen molar-refractivity contribution < 1.29 is 5.11 Å². The van der Waals surface area contributed by atoms with Gasteiger partial charge in [-0.15, -0.1) is 0 Å². The van der Waals surface area contributed by atoms with Crippen molar-refractivity contribution in [1.82, 2.24) is 5.32 Å². The fourth-order valence-corrected chi connectivity index (χ4v) is 3.36. The number of aliphatic hydroxyl groups excluding tert-OH is 1. The molecule has 2 aliphatic rings. The van der Waals surface area contributed by atoms with Crippen molar-refractivity contribution in [2.75, 3.05) is 13.2 Å². The van der Waals surface area contributed by atoms with Gasteiger partial charge in [0, 0.05) is 24.6 Å². The minimum absolute atomic E-state index is 0.228. The van der Waals surface area contributed by atoms with Gasteiger partial charge in [0.2, 0.25) is 0 Å². The zero-order valence-corrected chi connectivity index (χ0v) is 10.5. The largest absolute Gasteiger partial charge is 0.396 e. The fourth-order valence-electron chi connectivity index (χ4n) is 3.36. The molecule has 2 aliphatic carbocycles. The van der Waals surface area contributed by atoms with Gasteiger partial charge in [0.25, 0.3) is 0 Å². The lowest BCUT2D eigenvalue weighted by molar-refractivity contribution is 0.123. The Morgan fingerprint density at radius 1 is 0.938 bits per heavy atom. The average molecular weight is 225 g/mol. The van der Waals surface area contributed by atoms with E-state index in [1.54, 1.807) is 0 Å². The smallest absolute Gasteiger partial charge is 0.0499 e. The summed E-state index contributed by atoms with van der Waals surface area (Å²) in [7, 11) is 0. The summed E-state index contributed by atoms with van der Waals surface area (Å²) in [5.41, 5.74) is 0.228. The van der Waals surface area contributed by atoms with E-state index < -0.39 is 0 Å². The minimum atomic E-state index is 0.228. The van der Waals surface area contributed by atoms with E-state index >= 15 is 0 Å². The first kappa shape index (κ1) is 12.4. The number of aliphatic hydroxyl groups is 1. The highest BCUT2D eigenvalue weighted by atomic mass is 16.3. The molecule has 2 nitrogen and oxygen atoms in total. The molecule has 0 atom stereocenters. The van der Waals surface area contributed by atoms with Crippen molar-refractivity contribution in [2.45, 2.75) is 70.3 Å². The minimum Gasteiger partial charge on any atom is -0.396 e. The highest BCUT2D eigenvalue weighted by molar-refractivity contribution is 4.87. The van der Waals surface area contributed by atoms with Gasteiger partial charge < -0.3 is 10.4 Å². The van der Waals surface area contributed by atoms with Gasteiger partial charge in [-0.25, -0.2) is 0 Å². The maximum absolute atomic E-state index is 9.56. The van der Waals surface area contributed by atoms with Gasteiger partial charge in [0.15, 0.2) is 0 Å². The second-order valence-electron chi connectivity index (χ2n) is 5.93. The lowest BCUT2D eigenvalue weighted by atomic mass is 9.86. The van der Waals surface area contributed by atoms with Crippen molar-refractivity contribution in [3.63, 3.8) is 0 Å². The van der Waals surface area contributed by atoms with Crippen LogP contribution in [0.2, 0.25) is 0 Å². The molecule has 0 aromatic rings. The molecule has 16 heavy (non-hydrogen) atoms. The van der Waals surface area contributed by atoms with Gasteiger partial charge in [0.1, 0.15) is 0 Å². The number of hydrogen-bond acceptors (Lipinski definition) is 2. The highest BCUT2D eigenvalue weighted by Crippen LogP contribution is 2.37. The molecule has 2 heteroatoms. The van der Waals surface area contributed by atoms with E-state index in [-0.39, 0.29) is 5.41 Å². The molecule has 0 unspecified atom stereocenters. The molecule has 94 valence electrons. The topological polar surface area (TPSA) is 32.3 Å². The van der Waals surface area contributed by atoms with Crippen LogP contribution in [0.4, 0.5) is 0 Å². The summed E-state index contributed by atoms with van der Waals surface area (Å²) in [5.74, 6) is 0. The summed E-state index contributed by atoms with van der Waals surface area (Å²) in [6, 6.07) is 0.728. The lowest BCUT2D eigenvalue weighted by Gasteiger charge is -2.29. The normalized spacial score (nSPS) is 26.8. The van der Waals surface area contributed by atoms with E-state index in [1.165, 1.54) is 64.2 Å². The van der Waals surface area contributed by atoms with Crippen molar-refractivity contribution in [1.29, 1.82) is 0 Å². The Kier molecular flexibility index (Phi) is 4.66. The Labute approximate surface area is 99.8 Å². The van der Waals surface area contributed by atoms with Crippen LogP contribution >= 0.6 is 0 Å². The van der Waals surface area contributed by atoms with Crippen LogP contribution in [0.5, 0.6) is 0 Å². The highest BCUT2D eigenvalue weighted by Gasteiger charge is 2.33. The summed E-state index contributed by atoms with van der Waals surface area (Å²) in [6.45, 7) is 1.43. The van der Waals surface area contributed by atoms with Crippen molar-refractivity contribution in [3.05, 3.63) is 0 Å². The molecule has 0 aromatic carbocycles. The second kappa shape index (κ2) is 6.02. The van der Waals surface area contributed by atoms with Crippen LogP contribution in [0, 0.1) is 5.41 Å². The zero-order valence-electron chi connectivity index (χ0n) is 10.5. The molecule has 0 heterocycles. The summed E-state index contributed by atoms with van der Waals surface area (Å²) in [5, 5.41) is 13.3. The summed E-state index contributed by atoms with van der Waals surface area (Å²) < 4.78 is 0. The standard InChI is InChI=1S/C14H27NO/c16-12-14(9-5-6-10-14)11-15-13-7-3-1-2-4-8-13/h13,15-16H,1-12H2. The first-order valence-electron chi connectivity index (χ1n) is 7.19. The Bertz CT molecular complexity index is 191. The molecule has 2 N–H and O–H groups in total. The van der Waals surface area contributed by atoms with Crippen LogP contribution in [-0.2, 0) is 0 Å². The van der Waals surface area contributed by atoms with Crippen LogP contribution in [0.3, 0.4) is 0 Å². The number of nitrogens with one attached hydrogen (secondary N) is 1. The fraction of sp³-hybridized carbons (Fsp3) is 1.00. The van der Waals surface area contributed by atoms with Crippen LogP contribution in [0.15, 0.2) is 0 Å². The Balaban J connectivity index is 1.76. The average Bonchev–Trinajstić information content (AvgIpc) is 2.63. The maximum Gasteiger partial charge on any atom is 0.0499 e. The number of hydrogen-bond donors (Lipinski definition) is 2. The maximum atomic E-state index is 9.56. The van der Waals surface area contributed by atoms with Gasteiger partial charge in [-0.05, 0) is 25.7 Å². The van der Waals surface area contributed by atoms with Gasteiger partial charge in [-0.3, -0.25) is 0 Å². The molecular weight excluding hydrogens is 198 g/mol.